The van der Waals surface area contributed by atoms with Gasteiger partial charge in [-0.05, 0) is 30.7 Å². The molecule has 114 valence electrons. The number of ether oxygens (including phenoxy) is 2. The molecule has 0 fully saturated rings. The largest absolute Gasteiger partial charge is 0.493 e. The van der Waals surface area contributed by atoms with Crippen LogP contribution in [0.2, 0.25) is 0 Å². The first-order valence-corrected chi connectivity index (χ1v) is 6.55. The summed E-state index contributed by atoms with van der Waals surface area (Å²) in [4.78, 5) is 2.09. The number of nitrogens with zero attached hydrogens (tertiary/aromatic N) is 1. The summed E-state index contributed by atoms with van der Waals surface area (Å²) in [5.74, 6) is 0.304. The second kappa shape index (κ2) is 8.71. The number of alkyl halides is 2. The molecule has 0 saturated carbocycles. The van der Waals surface area contributed by atoms with Crippen molar-refractivity contribution in [3.8, 4) is 11.5 Å². The summed E-state index contributed by atoms with van der Waals surface area (Å²) >= 11 is 0. The maximum Gasteiger partial charge on any atom is 0.387 e. The molecule has 0 radical (unpaired) electrons. The molecule has 20 heavy (non-hydrogen) atoms. The molecule has 0 bridgehead atoms. The highest BCUT2D eigenvalue weighted by Crippen LogP contribution is 2.29. The van der Waals surface area contributed by atoms with Crippen molar-refractivity contribution in [3.63, 3.8) is 0 Å². The minimum absolute atomic E-state index is 0.0236. The van der Waals surface area contributed by atoms with E-state index in [-0.39, 0.29) is 18.1 Å². The molecular formula is C14H21F2NO3. The van der Waals surface area contributed by atoms with Gasteiger partial charge in [0.2, 0.25) is 0 Å². The number of halogens is 2. The summed E-state index contributed by atoms with van der Waals surface area (Å²) < 4.78 is 33.9. The third kappa shape index (κ3) is 5.30. The van der Waals surface area contributed by atoms with Gasteiger partial charge in [-0.15, -0.1) is 0 Å². The predicted molar refractivity (Wildman–Crippen MR) is 72.3 cm³/mol. The van der Waals surface area contributed by atoms with Gasteiger partial charge in [0, 0.05) is 13.1 Å². The molecule has 4 nitrogen and oxygen atoms in total. The number of aliphatic hydroxyl groups is 1. The van der Waals surface area contributed by atoms with Crippen LogP contribution in [0.5, 0.6) is 11.5 Å². The van der Waals surface area contributed by atoms with Gasteiger partial charge in [-0.25, -0.2) is 0 Å². The quantitative estimate of drug-likeness (QED) is 0.758. The van der Waals surface area contributed by atoms with Crippen LogP contribution in [-0.4, -0.2) is 43.4 Å². The molecule has 1 rings (SSSR count). The Balaban J connectivity index is 2.80. The number of benzene rings is 1. The number of methoxy groups -OCH3 is 1. The Hall–Kier alpha value is -1.40. The summed E-state index contributed by atoms with van der Waals surface area (Å²) in [5, 5.41) is 9.02. The summed E-state index contributed by atoms with van der Waals surface area (Å²) in [7, 11) is 1.41. The fourth-order valence-electron chi connectivity index (χ4n) is 1.99. The Morgan fingerprint density at radius 1 is 1.25 bits per heavy atom. The Morgan fingerprint density at radius 2 is 2.00 bits per heavy atom. The molecule has 1 aromatic rings. The van der Waals surface area contributed by atoms with Crippen LogP contribution in [0.1, 0.15) is 18.9 Å². The summed E-state index contributed by atoms with van der Waals surface area (Å²) in [6, 6.07) is 4.88. The molecule has 0 unspecified atom stereocenters. The summed E-state index contributed by atoms with van der Waals surface area (Å²) in [6.07, 6.45) is 0.976. The maximum absolute atomic E-state index is 12.2. The molecule has 0 aliphatic rings. The van der Waals surface area contributed by atoms with Crippen LogP contribution >= 0.6 is 0 Å². The number of hydrogen-bond acceptors (Lipinski definition) is 4. The van der Waals surface area contributed by atoms with Crippen molar-refractivity contribution in [1.29, 1.82) is 0 Å². The fraction of sp³-hybridized carbons (Fsp3) is 0.571. The number of aliphatic hydroxyl groups excluding tert-OH is 1. The van der Waals surface area contributed by atoms with Crippen LogP contribution in [0.25, 0.3) is 0 Å². The van der Waals surface area contributed by atoms with Crippen LogP contribution < -0.4 is 9.47 Å². The van der Waals surface area contributed by atoms with Crippen molar-refractivity contribution in [1.82, 2.24) is 4.90 Å². The Morgan fingerprint density at radius 3 is 2.55 bits per heavy atom. The fourth-order valence-corrected chi connectivity index (χ4v) is 1.99. The van der Waals surface area contributed by atoms with Gasteiger partial charge in [0.1, 0.15) is 0 Å². The maximum atomic E-state index is 12.2. The standard InChI is InChI=1S/C14H21F2NO3/c1-3-6-17(7-8-18)10-11-4-5-12(20-14(15)16)13(9-11)19-2/h4-5,9,14,18H,3,6-8,10H2,1-2H3. The van der Waals surface area contributed by atoms with Crippen molar-refractivity contribution in [2.24, 2.45) is 0 Å². The van der Waals surface area contributed by atoms with E-state index in [1.807, 2.05) is 0 Å². The van der Waals surface area contributed by atoms with E-state index in [2.05, 4.69) is 16.6 Å². The second-order valence-electron chi connectivity index (χ2n) is 4.36. The normalized spacial score (nSPS) is 11.2. The van der Waals surface area contributed by atoms with Gasteiger partial charge in [0.25, 0.3) is 0 Å². The molecule has 6 heteroatoms. The highest BCUT2D eigenvalue weighted by atomic mass is 19.3. The first kappa shape index (κ1) is 16.7. The molecule has 0 aromatic heterocycles. The van der Waals surface area contributed by atoms with Crippen molar-refractivity contribution >= 4 is 0 Å². The van der Waals surface area contributed by atoms with Gasteiger partial charge in [-0.1, -0.05) is 13.0 Å². The van der Waals surface area contributed by atoms with Gasteiger partial charge in [-0.3, -0.25) is 4.90 Å². The lowest BCUT2D eigenvalue weighted by Gasteiger charge is -2.21. The first-order valence-electron chi connectivity index (χ1n) is 6.55. The van der Waals surface area contributed by atoms with Crippen molar-refractivity contribution in [3.05, 3.63) is 23.8 Å². The zero-order chi connectivity index (χ0) is 15.0. The van der Waals surface area contributed by atoms with E-state index in [4.69, 9.17) is 9.84 Å². The van der Waals surface area contributed by atoms with Crippen LogP contribution in [0.3, 0.4) is 0 Å². The minimum atomic E-state index is -2.87. The van der Waals surface area contributed by atoms with Crippen molar-refractivity contribution in [2.75, 3.05) is 26.8 Å². The van der Waals surface area contributed by atoms with Gasteiger partial charge in [0.15, 0.2) is 11.5 Å². The van der Waals surface area contributed by atoms with Gasteiger partial charge in [-0.2, -0.15) is 8.78 Å². The lowest BCUT2D eigenvalue weighted by Crippen LogP contribution is -2.27. The van der Waals surface area contributed by atoms with E-state index < -0.39 is 6.61 Å². The third-order valence-electron chi connectivity index (χ3n) is 2.81. The highest BCUT2D eigenvalue weighted by molar-refractivity contribution is 5.43. The molecule has 1 N–H and O–H groups in total. The average Bonchev–Trinajstić information content (AvgIpc) is 2.40. The lowest BCUT2D eigenvalue weighted by atomic mass is 10.2. The molecule has 0 amide bonds. The van der Waals surface area contributed by atoms with Crippen LogP contribution in [-0.2, 0) is 6.54 Å². The topological polar surface area (TPSA) is 41.9 Å². The van der Waals surface area contributed by atoms with Gasteiger partial charge >= 0.3 is 6.61 Å². The van der Waals surface area contributed by atoms with Gasteiger partial charge < -0.3 is 14.6 Å². The molecule has 0 aliphatic carbocycles. The number of hydrogen-bond donors (Lipinski definition) is 1. The third-order valence-corrected chi connectivity index (χ3v) is 2.81. The molecule has 0 aliphatic heterocycles. The number of rotatable bonds is 9. The monoisotopic (exact) mass is 289 g/mol. The molecule has 1 aromatic carbocycles. The summed E-state index contributed by atoms with van der Waals surface area (Å²) in [6.45, 7) is 1.33. The molecule has 0 atom stereocenters. The smallest absolute Gasteiger partial charge is 0.387 e. The molecule has 0 saturated heterocycles. The van der Waals surface area contributed by atoms with E-state index in [1.165, 1.54) is 13.2 Å². The lowest BCUT2D eigenvalue weighted by molar-refractivity contribution is -0.0512. The van der Waals surface area contributed by atoms with E-state index in [0.717, 1.165) is 18.5 Å². The molecule has 0 heterocycles. The van der Waals surface area contributed by atoms with Gasteiger partial charge in [0.05, 0.1) is 13.7 Å². The van der Waals surface area contributed by atoms with Crippen molar-refractivity contribution < 1.29 is 23.4 Å². The van der Waals surface area contributed by atoms with E-state index in [9.17, 15) is 8.78 Å². The van der Waals surface area contributed by atoms with Crippen molar-refractivity contribution in [2.45, 2.75) is 26.5 Å². The van der Waals surface area contributed by atoms with Crippen LogP contribution in [0, 0.1) is 0 Å². The molecular weight excluding hydrogens is 268 g/mol. The first-order chi connectivity index (χ1) is 9.60. The minimum Gasteiger partial charge on any atom is -0.493 e. The summed E-state index contributed by atoms with van der Waals surface area (Å²) in [5.41, 5.74) is 0.922. The van der Waals surface area contributed by atoms with Crippen LogP contribution in [0.4, 0.5) is 8.78 Å². The van der Waals surface area contributed by atoms with E-state index in [1.54, 1.807) is 12.1 Å². The zero-order valence-corrected chi connectivity index (χ0v) is 11.8. The van der Waals surface area contributed by atoms with Crippen LogP contribution in [0.15, 0.2) is 18.2 Å². The Bertz CT molecular complexity index is 396. The average molecular weight is 289 g/mol. The Kier molecular flexibility index (Phi) is 7.25. The van der Waals surface area contributed by atoms with E-state index in [0.29, 0.717) is 13.1 Å². The highest BCUT2D eigenvalue weighted by Gasteiger charge is 2.12. The predicted octanol–water partition coefficient (Wildman–Crippen LogP) is 2.50. The van der Waals surface area contributed by atoms with E-state index >= 15 is 0 Å². The second-order valence-corrected chi connectivity index (χ2v) is 4.36. The SMILES string of the molecule is CCCN(CCO)Cc1ccc(OC(F)F)c(OC)c1. The molecule has 0 spiro atoms. The zero-order valence-electron chi connectivity index (χ0n) is 11.8. The Labute approximate surface area is 117 Å².